The highest BCUT2D eigenvalue weighted by atomic mass is 16.5. The first-order valence-electron chi connectivity index (χ1n) is 6.97. The third-order valence-corrected chi connectivity index (χ3v) is 3.72. The van der Waals surface area contributed by atoms with E-state index in [9.17, 15) is 4.79 Å². The molecule has 2 heterocycles. The van der Waals surface area contributed by atoms with Crippen molar-refractivity contribution in [3.05, 3.63) is 42.1 Å². The molecule has 1 aliphatic rings. The lowest BCUT2D eigenvalue weighted by molar-refractivity contribution is 0.0928. The molecule has 1 amide bonds. The molecule has 2 aromatic rings. The van der Waals surface area contributed by atoms with Crippen molar-refractivity contribution in [1.82, 2.24) is 19.9 Å². The van der Waals surface area contributed by atoms with Gasteiger partial charge in [0.15, 0.2) is 0 Å². The molecule has 0 spiro atoms. The lowest BCUT2D eigenvalue weighted by atomic mass is 10.1. The van der Waals surface area contributed by atoms with E-state index in [-0.39, 0.29) is 11.9 Å². The molecular weight excluding hydrogens is 268 g/mol. The van der Waals surface area contributed by atoms with Gasteiger partial charge in [-0.2, -0.15) is 0 Å². The van der Waals surface area contributed by atoms with Crippen LogP contribution >= 0.6 is 0 Å². The number of carbonyl (C=O) groups excluding carboxylic acids is 1. The van der Waals surface area contributed by atoms with Crippen LogP contribution in [0.3, 0.4) is 0 Å². The van der Waals surface area contributed by atoms with Gasteiger partial charge in [-0.1, -0.05) is 0 Å². The lowest BCUT2D eigenvalue weighted by Crippen LogP contribution is -2.31. The SMILES string of the molecule is COc1cc(C(=O)N[C@@H](c2nccn2C)C2CC2)ccn1. The Labute approximate surface area is 123 Å². The predicted octanol–water partition coefficient (Wildman–Crippen LogP) is 1.70. The third-order valence-electron chi connectivity index (χ3n) is 3.72. The fourth-order valence-electron chi connectivity index (χ4n) is 2.39. The van der Waals surface area contributed by atoms with Crippen LogP contribution in [0.5, 0.6) is 5.88 Å². The summed E-state index contributed by atoms with van der Waals surface area (Å²) in [7, 11) is 3.48. The number of carbonyl (C=O) groups is 1. The molecule has 1 fully saturated rings. The van der Waals surface area contributed by atoms with E-state index in [4.69, 9.17) is 4.74 Å². The summed E-state index contributed by atoms with van der Waals surface area (Å²) >= 11 is 0. The Morgan fingerprint density at radius 2 is 2.24 bits per heavy atom. The van der Waals surface area contributed by atoms with E-state index >= 15 is 0 Å². The fourth-order valence-corrected chi connectivity index (χ4v) is 2.39. The number of rotatable bonds is 5. The standard InChI is InChI=1S/C15H18N4O2/c1-19-8-7-17-14(19)13(10-3-4-10)18-15(20)11-5-6-16-12(9-11)21-2/h5-10,13H,3-4H2,1-2H3,(H,18,20)/t13-/m1/s1. The van der Waals surface area contributed by atoms with Crippen molar-refractivity contribution in [3.63, 3.8) is 0 Å². The fraction of sp³-hybridized carbons (Fsp3) is 0.400. The molecule has 1 aliphatic carbocycles. The molecule has 0 aliphatic heterocycles. The smallest absolute Gasteiger partial charge is 0.252 e. The van der Waals surface area contributed by atoms with Crippen molar-refractivity contribution in [2.24, 2.45) is 13.0 Å². The molecular formula is C15H18N4O2. The highest BCUT2D eigenvalue weighted by Crippen LogP contribution is 2.40. The summed E-state index contributed by atoms with van der Waals surface area (Å²) in [5.41, 5.74) is 0.543. The molecule has 6 heteroatoms. The lowest BCUT2D eigenvalue weighted by Gasteiger charge is -2.18. The Kier molecular flexibility index (Phi) is 3.60. The highest BCUT2D eigenvalue weighted by Gasteiger charge is 2.35. The maximum Gasteiger partial charge on any atom is 0.252 e. The summed E-state index contributed by atoms with van der Waals surface area (Å²) in [5.74, 6) is 1.67. The molecule has 0 saturated heterocycles. The third kappa shape index (κ3) is 2.89. The number of aromatic nitrogens is 3. The van der Waals surface area contributed by atoms with Crippen molar-refractivity contribution >= 4 is 5.91 Å². The van der Waals surface area contributed by atoms with E-state index in [1.54, 1.807) is 24.5 Å². The molecule has 21 heavy (non-hydrogen) atoms. The Morgan fingerprint density at radius 3 is 2.86 bits per heavy atom. The molecule has 110 valence electrons. The van der Waals surface area contributed by atoms with Crippen LogP contribution in [0.15, 0.2) is 30.7 Å². The molecule has 1 saturated carbocycles. The summed E-state index contributed by atoms with van der Waals surface area (Å²) in [6.07, 6.45) is 7.47. The Bertz CT molecular complexity index is 649. The average Bonchev–Trinajstić information content (AvgIpc) is 3.26. The van der Waals surface area contributed by atoms with Gasteiger partial charge in [0.1, 0.15) is 5.82 Å². The quantitative estimate of drug-likeness (QED) is 0.908. The van der Waals surface area contributed by atoms with Crippen LogP contribution in [0.4, 0.5) is 0 Å². The first-order valence-corrected chi connectivity index (χ1v) is 6.97. The average molecular weight is 286 g/mol. The Balaban J connectivity index is 1.79. The van der Waals surface area contributed by atoms with E-state index in [0.717, 1.165) is 18.7 Å². The monoisotopic (exact) mass is 286 g/mol. The van der Waals surface area contributed by atoms with Gasteiger partial charge in [0.25, 0.3) is 5.91 Å². The zero-order chi connectivity index (χ0) is 14.8. The molecule has 0 unspecified atom stereocenters. The zero-order valence-electron chi connectivity index (χ0n) is 12.1. The molecule has 2 aromatic heterocycles. The number of imidazole rings is 1. The van der Waals surface area contributed by atoms with Crippen LogP contribution in [0.1, 0.15) is 35.1 Å². The van der Waals surface area contributed by atoms with E-state index in [0.29, 0.717) is 17.4 Å². The number of methoxy groups -OCH3 is 1. The number of nitrogens with one attached hydrogen (secondary N) is 1. The van der Waals surface area contributed by atoms with Gasteiger partial charge in [-0.05, 0) is 24.8 Å². The van der Waals surface area contributed by atoms with Crippen molar-refractivity contribution in [2.75, 3.05) is 7.11 Å². The van der Waals surface area contributed by atoms with Gasteiger partial charge in [0, 0.05) is 37.3 Å². The van der Waals surface area contributed by atoms with Gasteiger partial charge < -0.3 is 14.6 Å². The molecule has 0 radical (unpaired) electrons. The highest BCUT2D eigenvalue weighted by molar-refractivity contribution is 5.94. The van der Waals surface area contributed by atoms with E-state index in [1.165, 1.54) is 7.11 Å². The summed E-state index contributed by atoms with van der Waals surface area (Å²) < 4.78 is 7.01. The van der Waals surface area contributed by atoms with Crippen molar-refractivity contribution in [3.8, 4) is 5.88 Å². The molecule has 1 atom stereocenters. The van der Waals surface area contributed by atoms with Crippen molar-refractivity contribution in [2.45, 2.75) is 18.9 Å². The minimum absolute atomic E-state index is 0.0448. The van der Waals surface area contributed by atoms with Crippen LogP contribution in [-0.2, 0) is 7.05 Å². The normalized spacial score (nSPS) is 15.5. The van der Waals surface area contributed by atoms with Crippen LogP contribution in [0.2, 0.25) is 0 Å². The van der Waals surface area contributed by atoms with Crippen LogP contribution < -0.4 is 10.1 Å². The van der Waals surface area contributed by atoms with Crippen molar-refractivity contribution < 1.29 is 9.53 Å². The van der Waals surface area contributed by atoms with Gasteiger partial charge >= 0.3 is 0 Å². The van der Waals surface area contributed by atoms with Gasteiger partial charge in [-0.25, -0.2) is 9.97 Å². The maximum atomic E-state index is 12.4. The van der Waals surface area contributed by atoms with Crippen LogP contribution in [-0.4, -0.2) is 27.6 Å². The number of amides is 1. The first-order chi connectivity index (χ1) is 10.2. The van der Waals surface area contributed by atoms with Gasteiger partial charge in [-0.3, -0.25) is 4.79 Å². The number of pyridine rings is 1. The Morgan fingerprint density at radius 1 is 1.43 bits per heavy atom. The molecule has 3 rings (SSSR count). The van der Waals surface area contributed by atoms with E-state index in [2.05, 4.69) is 15.3 Å². The summed E-state index contributed by atoms with van der Waals surface area (Å²) in [4.78, 5) is 20.8. The molecule has 6 nitrogen and oxygen atoms in total. The summed E-state index contributed by atoms with van der Waals surface area (Å²) in [6.45, 7) is 0. The predicted molar refractivity (Wildman–Crippen MR) is 76.9 cm³/mol. The van der Waals surface area contributed by atoms with Crippen LogP contribution in [0.25, 0.3) is 0 Å². The van der Waals surface area contributed by atoms with Crippen LogP contribution in [0, 0.1) is 5.92 Å². The first kappa shape index (κ1) is 13.6. The number of aryl methyl sites for hydroxylation is 1. The van der Waals surface area contributed by atoms with E-state index < -0.39 is 0 Å². The van der Waals surface area contributed by atoms with Gasteiger partial charge in [-0.15, -0.1) is 0 Å². The van der Waals surface area contributed by atoms with Gasteiger partial charge in [0.2, 0.25) is 5.88 Å². The molecule has 0 bridgehead atoms. The maximum absolute atomic E-state index is 12.4. The number of hydrogen-bond acceptors (Lipinski definition) is 4. The Hall–Kier alpha value is -2.37. The van der Waals surface area contributed by atoms with Crippen molar-refractivity contribution in [1.29, 1.82) is 0 Å². The topological polar surface area (TPSA) is 69.0 Å². The van der Waals surface area contributed by atoms with Gasteiger partial charge in [0.05, 0.1) is 13.2 Å². The summed E-state index contributed by atoms with van der Waals surface area (Å²) in [6, 6.07) is 3.27. The minimum atomic E-state index is -0.129. The number of ether oxygens (including phenoxy) is 1. The number of nitrogens with zero attached hydrogens (tertiary/aromatic N) is 3. The minimum Gasteiger partial charge on any atom is -0.481 e. The largest absolute Gasteiger partial charge is 0.481 e. The zero-order valence-corrected chi connectivity index (χ0v) is 12.1. The van der Waals surface area contributed by atoms with E-state index in [1.807, 2.05) is 17.8 Å². The number of hydrogen-bond donors (Lipinski definition) is 1. The second kappa shape index (κ2) is 5.55. The molecule has 0 aromatic carbocycles. The second-order valence-electron chi connectivity index (χ2n) is 5.27. The second-order valence-corrected chi connectivity index (χ2v) is 5.27. The summed E-state index contributed by atoms with van der Waals surface area (Å²) in [5, 5.41) is 3.08. The molecule has 1 N–H and O–H groups in total.